The third-order valence-corrected chi connectivity index (χ3v) is 8.09. The molecule has 14 unspecified atom stereocenters. The third kappa shape index (κ3) is 14.5. The van der Waals surface area contributed by atoms with Gasteiger partial charge < -0.3 is 64.9 Å². The predicted octanol–water partition coefficient (Wildman–Crippen LogP) is 0.915. The van der Waals surface area contributed by atoms with Gasteiger partial charge in [-0.05, 0) is 35.5 Å². The zero-order valence-electron chi connectivity index (χ0n) is 30.4. The number of hydrogen-bond donors (Lipinski definition) is 9. The molecule has 13 heteroatoms. The van der Waals surface area contributed by atoms with Crippen LogP contribution in [0.1, 0.15) is 95.4 Å². The molecule has 0 bridgehead atoms. The van der Waals surface area contributed by atoms with Crippen molar-refractivity contribution >= 4 is 0 Å². The average Bonchev–Trinajstić information content (AvgIpc) is 2.93. The van der Waals surface area contributed by atoms with E-state index in [4.69, 9.17) is 18.9 Å². The highest BCUT2D eigenvalue weighted by Crippen LogP contribution is 2.35. The summed E-state index contributed by atoms with van der Waals surface area (Å²) in [7, 11) is 2.94. The summed E-state index contributed by atoms with van der Waals surface area (Å²) in [5, 5.41) is 86.9. The molecule has 2 fully saturated rings. The lowest BCUT2D eigenvalue weighted by Crippen LogP contribution is -2.58. The van der Waals surface area contributed by atoms with Crippen LogP contribution in [0.5, 0.6) is 0 Å². The van der Waals surface area contributed by atoms with Crippen LogP contribution in [-0.4, -0.2) is 140 Å². The predicted molar refractivity (Wildman–Crippen MR) is 172 cm³/mol. The van der Waals surface area contributed by atoms with Gasteiger partial charge in [-0.1, -0.05) is 76.2 Å². The summed E-state index contributed by atoms with van der Waals surface area (Å²) < 4.78 is 21.2. The monoisotopic (exact) mass is 672 g/mol. The van der Waals surface area contributed by atoms with Crippen molar-refractivity contribution in [3.8, 4) is 0 Å². The van der Waals surface area contributed by atoms with E-state index in [-0.39, 0.29) is 22.2 Å². The molecule has 2 rings (SSSR count). The molecule has 0 spiro atoms. The van der Waals surface area contributed by atoms with E-state index in [1.807, 2.05) is 62.3 Å². The summed E-state index contributed by atoms with van der Waals surface area (Å²) in [5.74, 6) is -0.219. The van der Waals surface area contributed by atoms with Crippen molar-refractivity contribution in [2.24, 2.45) is 22.2 Å². The third-order valence-electron chi connectivity index (χ3n) is 8.09. The van der Waals surface area contributed by atoms with Gasteiger partial charge in [0.15, 0.2) is 12.6 Å². The van der Waals surface area contributed by atoms with Gasteiger partial charge >= 0.3 is 0 Å². The van der Waals surface area contributed by atoms with Crippen LogP contribution in [-0.2, 0) is 18.9 Å². The molecule has 13 nitrogen and oxygen atoms in total. The Labute approximate surface area is 276 Å². The minimum Gasteiger partial charge on any atom is -0.390 e. The lowest BCUT2D eigenvalue weighted by atomic mass is 9.79. The normalized spacial score (nSPS) is 35.1. The van der Waals surface area contributed by atoms with Crippen LogP contribution in [0.15, 0.2) is 0 Å². The van der Waals surface area contributed by atoms with Gasteiger partial charge in [0, 0.05) is 20.1 Å². The van der Waals surface area contributed by atoms with Crippen LogP contribution in [0.25, 0.3) is 0 Å². The molecule has 46 heavy (non-hydrogen) atoms. The maximum atomic E-state index is 9.93. The van der Waals surface area contributed by atoms with Crippen LogP contribution < -0.4 is 0 Å². The van der Waals surface area contributed by atoms with E-state index in [9.17, 15) is 46.0 Å². The van der Waals surface area contributed by atoms with Crippen LogP contribution in [0.3, 0.4) is 0 Å². The second-order valence-corrected chi connectivity index (χ2v) is 16.2. The SMILES string of the molecule is CCC(O)C(O)C(O)C(O)CC(C)(C)C.COC1OC(C(C)(C)C)C(O)C(O)C1C.COC1OC(CC(C)(C)C)C(O)C(O)C1O. The Hall–Kier alpha value is -0.520. The molecule has 0 aromatic rings. The van der Waals surface area contributed by atoms with E-state index in [0.29, 0.717) is 19.3 Å². The number of aliphatic hydroxyl groups is 9. The summed E-state index contributed by atoms with van der Waals surface area (Å²) in [5.41, 5.74) is -0.388. The Morgan fingerprint density at radius 3 is 1.48 bits per heavy atom. The quantitative estimate of drug-likeness (QED) is 0.175. The molecule has 0 aliphatic carbocycles. The molecule has 14 atom stereocenters. The molecule has 278 valence electrons. The van der Waals surface area contributed by atoms with Crippen molar-refractivity contribution in [2.75, 3.05) is 14.2 Å². The fourth-order valence-corrected chi connectivity index (χ4v) is 5.32. The number of ether oxygens (including phenoxy) is 4. The second kappa shape index (κ2) is 19.0. The van der Waals surface area contributed by atoms with E-state index in [1.165, 1.54) is 7.11 Å². The molecule has 0 aromatic carbocycles. The molecular weight excluding hydrogens is 604 g/mol. The fourth-order valence-electron chi connectivity index (χ4n) is 5.32. The number of aliphatic hydroxyl groups excluding tert-OH is 9. The van der Waals surface area contributed by atoms with Gasteiger partial charge in [-0.3, -0.25) is 0 Å². The maximum absolute atomic E-state index is 9.93. The lowest BCUT2D eigenvalue weighted by Gasteiger charge is -2.45. The van der Waals surface area contributed by atoms with E-state index in [1.54, 1.807) is 21.0 Å². The average molecular weight is 673 g/mol. The first-order chi connectivity index (χ1) is 20.7. The number of hydrogen-bond acceptors (Lipinski definition) is 13. The lowest BCUT2D eigenvalue weighted by molar-refractivity contribution is -0.293. The topological polar surface area (TPSA) is 219 Å². The van der Waals surface area contributed by atoms with Crippen LogP contribution in [0.4, 0.5) is 0 Å². The van der Waals surface area contributed by atoms with Gasteiger partial charge in [-0.2, -0.15) is 0 Å². The molecule has 0 saturated carbocycles. The minimum absolute atomic E-state index is 0.0358. The number of methoxy groups -OCH3 is 2. The highest BCUT2D eigenvalue weighted by atomic mass is 16.7. The number of rotatable bonds is 8. The van der Waals surface area contributed by atoms with Crippen molar-refractivity contribution in [1.82, 2.24) is 0 Å². The maximum Gasteiger partial charge on any atom is 0.186 e. The van der Waals surface area contributed by atoms with Crippen molar-refractivity contribution < 1.29 is 64.9 Å². The van der Waals surface area contributed by atoms with Crippen molar-refractivity contribution in [2.45, 2.75) is 175 Å². The molecule has 0 amide bonds. The summed E-state index contributed by atoms with van der Waals surface area (Å²) in [6.45, 7) is 21.3. The highest BCUT2D eigenvalue weighted by molar-refractivity contribution is 4.93. The molecule has 9 N–H and O–H groups in total. The minimum atomic E-state index is -1.29. The Kier molecular flexibility index (Phi) is 18.8. The zero-order chi connectivity index (χ0) is 36.5. The Balaban J connectivity index is 0.000000661. The Morgan fingerprint density at radius 2 is 1.09 bits per heavy atom. The van der Waals surface area contributed by atoms with Gasteiger partial charge in [0.25, 0.3) is 0 Å². The zero-order valence-corrected chi connectivity index (χ0v) is 30.4. The molecule has 0 radical (unpaired) electrons. The van der Waals surface area contributed by atoms with Gasteiger partial charge in [0.1, 0.15) is 36.6 Å². The molecular formula is C33H68O13. The Morgan fingerprint density at radius 1 is 0.609 bits per heavy atom. The van der Waals surface area contributed by atoms with Gasteiger partial charge in [0.05, 0.1) is 30.5 Å². The summed E-state index contributed by atoms with van der Waals surface area (Å²) in [6.07, 6.45) is -10.7. The molecule has 2 aliphatic heterocycles. The fraction of sp³-hybridized carbons (Fsp3) is 1.00. The first kappa shape index (κ1) is 45.5. The van der Waals surface area contributed by atoms with Crippen molar-refractivity contribution in [3.63, 3.8) is 0 Å². The van der Waals surface area contributed by atoms with Crippen molar-refractivity contribution in [1.29, 1.82) is 0 Å². The van der Waals surface area contributed by atoms with Gasteiger partial charge in [0.2, 0.25) is 0 Å². The van der Waals surface area contributed by atoms with E-state index in [0.717, 1.165) is 0 Å². The van der Waals surface area contributed by atoms with Crippen LogP contribution >= 0.6 is 0 Å². The van der Waals surface area contributed by atoms with Crippen molar-refractivity contribution in [3.05, 3.63) is 0 Å². The smallest absolute Gasteiger partial charge is 0.186 e. The van der Waals surface area contributed by atoms with Gasteiger partial charge in [-0.25, -0.2) is 0 Å². The second-order valence-electron chi connectivity index (χ2n) is 16.2. The highest BCUT2D eigenvalue weighted by Gasteiger charge is 2.47. The first-order valence-corrected chi connectivity index (χ1v) is 16.2. The molecule has 2 saturated heterocycles. The van der Waals surface area contributed by atoms with Crippen LogP contribution in [0.2, 0.25) is 0 Å². The molecule has 0 aromatic heterocycles. The first-order valence-electron chi connectivity index (χ1n) is 16.2. The van der Waals surface area contributed by atoms with E-state index >= 15 is 0 Å². The summed E-state index contributed by atoms with van der Waals surface area (Å²) in [4.78, 5) is 0. The van der Waals surface area contributed by atoms with E-state index < -0.39 is 79.7 Å². The molecule has 2 aliphatic rings. The summed E-state index contributed by atoms with van der Waals surface area (Å²) in [6, 6.07) is 0. The summed E-state index contributed by atoms with van der Waals surface area (Å²) >= 11 is 0. The Bertz CT molecular complexity index is 815. The molecule has 2 heterocycles. The largest absolute Gasteiger partial charge is 0.390 e. The van der Waals surface area contributed by atoms with E-state index in [2.05, 4.69) is 0 Å². The van der Waals surface area contributed by atoms with Crippen LogP contribution in [0, 0.1) is 22.2 Å². The van der Waals surface area contributed by atoms with Gasteiger partial charge in [-0.15, -0.1) is 0 Å². The standard InChI is InChI=1S/C11H22O5.C11H22O4.C11H24O4/c1-11(2,3)5-6-7(12)8(13)9(14)10(15-4)16-6;1-6-7(12)8(13)9(11(2,3)4)15-10(6)14-5;1-5-7(12)9(14)10(15)8(13)6-11(2,3)4/h6-10,12-14H,5H2,1-4H3;6-10,12-13H,1-5H3;7-10,12-15H,5-6H2,1-4H3.